The SMILES string of the molecule is CCc1ccc(CNC(=O)NCC(=O)N2CCCC2)s1. The Balaban J connectivity index is 1.66. The van der Waals surface area contributed by atoms with Crippen molar-refractivity contribution >= 4 is 23.3 Å². The number of carbonyl (C=O) groups is 2. The smallest absolute Gasteiger partial charge is 0.315 e. The van der Waals surface area contributed by atoms with Crippen LogP contribution in [0.3, 0.4) is 0 Å². The summed E-state index contributed by atoms with van der Waals surface area (Å²) in [7, 11) is 0. The summed E-state index contributed by atoms with van der Waals surface area (Å²) in [5.41, 5.74) is 0. The molecule has 0 spiro atoms. The van der Waals surface area contributed by atoms with E-state index in [1.807, 2.05) is 6.07 Å². The minimum Gasteiger partial charge on any atom is -0.341 e. The molecule has 1 aliphatic heterocycles. The molecule has 2 rings (SSSR count). The zero-order valence-corrected chi connectivity index (χ0v) is 12.6. The lowest BCUT2D eigenvalue weighted by Gasteiger charge is -2.15. The van der Waals surface area contributed by atoms with E-state index in [0.717, 1.165) is 37.2 Å². The van der Waals surface area contributed by atoms with Crippen molar-refractivity contribution in [1.82, 2.24) is 15.5 Å². The number of nitrogens with one attached hydrogen (secondary N) is 2. The highest BCUT2D eigenvalue weighted by Gasteiger charge is 2.17. The van der Waals surface area contributed by atoms with Gasteiger partial charge < -0.3 is 15.5 Å². The number of thiophene rings is 1. The molecule has 0 radical (unpaired) electrons. The van der Waals surface area contributed by atoms with E-state index < -0.39 is 0 Å². The van der Waals surface area contributed by atoms with Crippen LogP contribution in [0, 0.1) is 0 Å². The van der Waals surface area contributed by atoms with E-state index in [1.165, 1.54) is 4.88 Å². The first-order valence-corrected chi connectivity index (χ1v) is 7.87. The molecule has 20 heavy (non-hydrogen) atoms. The summed E-state index contributed by atoms with van der Waals surface area (Å²) >= 11 is 1.70. The third-order valence-electron chi connectivity index (χ3n) is 3.35. The summed E-state index contributed by atoms with van der Waals surface area (Å²) in [5, 5.41) is 5.39. The molecule has 1 aliphatic rings. The minimum absolute atomic E-state index is 0.00189. The monoisotopic (exact) mass is 295 g/mol. The van der Waals surface area contributed by atoms with Gasteiger partial charge in [0.05, 0.1) is 13.1 Å². The maximum atomic E-state index is 11.8. The number of rotatable bonds is 5. The second-order valence-electron chi connectivity index (χ2n) is 4.85. The molecule has 2 N–H and O–H groups in total. The van der Waals surface area contributed by atoms with E-state index in [4.69, 9.17) is 0 Å². The van der Waals surface area contributed by atoms with Crippen LogP contribution in [0.4, 0.5) is 4.79 Å². The first-order valence-electron chi connectivity index (χ1n) is 7.06. The highest BCUT2D eigenvalue weighted by molar-refractivity contribution is 7.11. The second-order valence-corrected chi connectivity index (χ2v) is 6.10. The zero-order valence-electron chi connectivity index (χ0n) is 11.8. The molecule has 1 fully saturated rings. The van der Waals surface area contributed by atoms with Crippen LogP contribution in [0.2, 0.25) is 0 Å². The van der Waals surface area contributed by atoms with Gasteiger partial charge in [-0.05, 0) is 31.4 Å². The van der Waals surface area contributed by atoms with E-state index in [1.54, 1.807) is 16.2 Å². The summed E-state index contributed by atoms with van der Waals surface area (Å²) in [6.07, 6.45) is 3.15. The van der Waals surface area contributed by atoms with Crippen LogP contribution in [0.25, 0.3) is 0 Å². The summed E-state index contributed by atoms with van der Waals surface area (Å²) in [6, 6.07) is 3.82. The van der Waals surface area contributed by atoms with Crippen LogP contribution in [-0.4, -0.2) is 36.5 Å². The number of hydrogen-bond donors (Lipinski definition) is 2. The first kappa shape index (κ1) is 14.8. The Morgan fingerprint density at radius 2 is 1.90 bits per heavy atom. The number of carbonyl (C=O) groups excluding carboxylic acids is 2. The molecule has 1 saturated heterocycles. The largest absolute Gasteiger partial charge is 0.341 e. The molecule has 0 aromatic carbocycles. The Labute approximate surface area is 123 Å². The number of likely N-dealkylation sites (tertiary alicyclic amines) is 1. The number of nitrogens with zero attached hydrogens (tertiary/aromatic N) is 1. The molecule has 0 bridgehead atoms. The Bertz CT molecular complexity index is 467. The van der Waals surface area contributed by atoms with Crippen molar-refractivity contribution < 1.29 is 9.59 Å². The Kier molecular flexibility index (Phi) is 5.40. The normalized spacial score (nSPS) is 14.3. The van der Waals surface area contributed by atoms with E-state index in [-0.39, 0.29) is 18.5 Å². The van der Waals surface area contributed by atoms with Crippen LogP contribution >= 0.6 is 11.3 Å². The van der Waals surface area contributed by atoms with Gasteiger partial charge in [-0.15, -0.1) is 11.3 Å². The van der Waals surface area contributed by atoms with E-state index in [0.29, 0.717) is 6.54 Å². The quantitative estimate of drug-likeness (QED) is 0.869. The molecule has 0 aliphatic carbocycles. The van der Waals surface area contributed by atoms with Crippen molar-refractivity contribution in [3.05, 3.63) is 21.9 Å². The molecule has 110 valence electrons. The van der Waals surface area contributed by atoms with Crippen molar-refractivity contribution in [2.24, 2.45) is 0 Å². The third kappa shape index (κ3) is 4.23. The average molecular weight is 295 g/mol. The number of amides is 3. The predicted octanol–water partition coefficient (Wildman–Crippen LogP) is 1.73. The van der Waals surface area contributed by atoms with Crippen molar-refractivity contribution in [2.45, 2.75) is 32.7 Å². The fourth-order valence-corrected chi connectivity index (χ4v) is 3.07. The van der Waals surface area contributed by atoms with Gasteiger partial charge in [0, 0.05) is 22.8 Å². The first-order chi connectivity index (χ1) is 9.69. The van der Waals surface area contributed by atoms with Gasteiger partial charge in [-0.25, -0.2) is 4.79 Å². The molecule has 1 aromatic heterocycles. The molecule has 2 heterocycles. The van der Waals surface area contributed by atoms with Gasteiger partial charge in [0.15, 0.2) is 0 Å². The standard InChI is InChI=1S/C14H21N3O2S/c1-2-11-5-6-12(20-11)9-15-14(19)16-10-13(18)17-7-3-4-8-17/h5-6H,2-4,7-10H2,1H3,(H2,15,16,19). The maximum Gasteiger partial charge on any atom is 0.315 e. The maximum absolute atomic E-state index is 11.8. The molecule has 0 atom stereocenters. The highest BCUT2D eigenvalue weighted by Crippen LogP contribution is 2.16. The lowest BCUT2D eigenvalue weighted by Crippen LogP contribution is -2.42. The van der Waals surface area contributed by atoms with Crippen LogP contribution in [0.1, 0.15) is 29.5 Å². The van der Waals surface area contributed by atoms with Crippen LogP contribution in [0.5, 0.6) is 0 Å². The zero-order chi connectivity index (χ0) is 14.4. The average Bonchev–Trinajstić information content (AvgIpc) is 3.13. The molecular weight excluding hydrogens is 274 g/mol. The van der Waals surface area contributed by atoms with Gasteiger partial charge in [0.25, 0.3) is 0 Å². The van der Waals surface area contributed by atoms with Crippen LogP contribution in [-0.2, 0) is 17.8 Å². The van der Waals surface area contributed by atoms with Crippen molar-refractivity contribution in [3.8, 4) is 0 Å². The number of aryl methyl sites for hydroxylation is 1. The molecule has 0 unspecified atom stereocenters. The fourth-order valence-electron chi connectivity index (χ4n) is 2.17. The number of hydrogen-bond acceptors (Lipinski definition) is 3. The molecular formula is C14H21N3O2S. The van der Waals surface area contributed by atoms with E-state index in [2.05, 4.69) is 23.6 Å². The number of urea groups is 1. The summed E-state index contributed by atoms with van der Waals surface area (Å²) < 4.78 is 0. The van der Waals surface area contributed by atoms with E-state index in [9.17, 15) is 9.59 Å². The van der Waals surface area contributed by atoms with Gasteiger partial charge in [-0.1, -0.05) is 6.92 Å². The predicted molar refractivity (Wildman–Crippen MR) is 79.7 cm³/mol. The van der Waals surface area contributed by atoms with Gasteiger partial charge in [-0.3, -0.25) is 4.79 Å². The second kappa shape index (κ2) is 7.28. The van der Waals surface area contributed by atoms with Crippen molar-refractivity contribution in [2.75, 3.05) is 19.6 Å². The van der Waals surface area contributed by atoms with Gasteiger partial charge >= 0.3 is 6.03 Å². The molecule has 3 amide bonds. The lowest BCUT2D eigenvalue weighted by atomic mass is 10.4. The van der Waals surface area contributed by atoms with Crippen molar-refractivity contribution in [3.63, 3.8) is 0 Å². The van der Waals surface area contributed by atoms with E-state index >= 15 is 0 Å². The molecule has 6 heteroatoms. The highest BCUT2D eigenvalue weighted by atomic mass is 32.1. The van der Waals surface area contributed by atoms with Gasteiger partial charge in [0.2, 0.25) is 5.91 Å². The Hall–Kier alpha value is -1.56. The Morgan fingerprint density at radius 3 is 2.55 bits per heavy atom. The molecule has 0 saturated carbocycles. The summed E-state index contributed by atoms with van der Waals surface area (Å²) in [4.78, 5) is 27.6. The summed E-state index contributed by atoms with van der Waals surface area (Å²) in [6.45, 7) is 4.33. The Morgan fingerprint density at radius 1 is 1.20 bits per heavy atom. The molecule has 1 aromatic rings. The minimum atomic E-state index is -0.288. The molecule has 5 nitrogen and oxygen atoms in total. The van der Waals surface area contributed by atoms with Crippen molar-refractivity contribution in [1.29, 1.82) is 0 Å². The lowest BCUT2D eigenvalue weighted by molar-refractivity contribution is -0.128. The van der Waals surface area contributed by atoms with Gasteiger partial charge in [0.1, 0.15) is 0 Å². The van der Waals surface area contributed by atoms with Gasteiger partial charge in [-0.2, -0.15) is 0 Å². The summed E-state index contributed by atoms with van der Waals surface area (Å²) in [5.74, 6) is 0.00189. The fraction of sp³-hybridized carbons (Fsp3) is 0.571. The third-order valence-corrected chi connectivity index (χ3v) is 4.58. The van der Waals surface area contributed by atoms with Crippen LogP contribution in [0.15, 0.2) is 12.1 Å². The van der Waals surface area contributed by atoms with Crippen LogP contribution < -0.4 is 10.6 Å². The topological polar surface area (TPSA) is 61.4 Å².